The number of benzene rings is 1. The molecule has 0 aliphatic carbocycles. The van der Waals surface area contributed by atoms with Crippen molar-refractivity contribution in [1.82, 2.24) is 9.97 Å². The van der Waals surface area contributed by atoms with Gasteiger partial charge in [0, 0.05) is 18.1 Å². The van der Waals surface area contributed by atoms with Crippen LogP contribution in [0.2, 0.25) is 0 Å². The molecule has 5 heteroatoms. The number of hydrogen-bond acceptors (Lipinski definition) is 4. The van der Waals surface area contributed by atoms with Crippen molar-refractivity contribution >= 4 is 22.8 Å². The molecule has 100 valence electrons. The molecule has 0 saturated carbocycles. The molecule has 0 aliphatic heterocycles. The second-order valence-corrected chi connectivity index (χ2v) is 4.88. The molecule has 2 rings (SSSR count). The molecule has 0 radical (unpaired) electrons. The van der Waals surface area contributed by atoms with Gasteiger partial charge in [-0.15, -0.1) is 0 Å². The number of rotatable bonds is 5. The van der Waals surface area contributed by atoms with Gasteiger partial charge in [-0.3, -0.25) is 0 Å². The van der Waals surface area contributed by atoms with Crippen molar-refractivity contribution in [2.45, 2.75) is 20.3 Å². The van der Waals surface area contributed by atoms with Gasteiger partial charge in [-0.25, -0.2) is 14.8 Å². The molecule has 0 amide bonds. The van der Waals surface area contributed by atoms with E-state index in [1.54, 1.807) is 24.4 Å². The molecular weight excluding hydrogens is 242 g/mol. The highest BCUT2D eigenvalue weighted by Crippen LogP contribution is 2.15. The summed E-state index contributed by atoms with van der Waals surface area (Å²) in [6, 6.07) is 4.83. The molecule has 0 fully saturated rings. The predicted molar refractivity (Wildman–Crippen MR) is 74.4 cm³/mol. The fourth-order valence-electron chi connectivity index (χ4n) is 1.72. The van der Waals surface area contributed by atoms with E-state index in [2.05, 4.69) is 29.1 Å². The summed E-state index contributed by atoms with van der Waals surface area (Å²) in [5, 5.41) is 12.8. The monoisotopic (exact) mass is 259 g/mol. The van der Waals surface area contributed by atoms with E-state index < -0.39 is 5.97 Å². The Balaban J connectivity index is 2.17. The van der Waals surface area contributed by atoms with Crippen LogP contribution in [0.3, 0.4) is 0 Å². The van der Waals surface area contributed by atoms with E-state index in [9.17, 15) is 4.79 Å². The number of fused-ring (bicyclic) bond motifs is 1. The maximum atomic E-state index is 10.9. The van der Waals surface area contributed by atoms with E-state index >= 15 is 0 Å². The Kier molecular flexibility index (Phi) is 3.94. The first-order valence-electron chi connectivity index (χ1n) is 6.30. The highest BCUT2D eigenvalue weighted by Gasteiger charge is 2.05. The third kappa shape index (κ3) is 3.40. The minimum absolute atomic E-state index is 0.247. The normalized spacial score (nSPS) is 10.9. The average molecular weight is 259 g/mol. The lowest BCUT2D eigenvalue weighted by Crippen LogP contribution is -2.07. The Bertz CT molecular complexity index is 596. The molecule has 1 heterocycles. The van der Waals surface area contributed by atoms with Crippen LogP contribution in [0.15, 0.2) is 24.4 Å². The summed E-state index contributed by atoms with van der Waals surface area (Å²) < 4.78 is 0. The number of carboxylic acids is 1. The fourth-order valence-corrected chi connectivity index (χ4v) is 1.72. The Morgan fingerprint density at radius 2 is 2.21 bits per heavy atom. The summed E-state index contributed by atoms with van der Waals surface area (Å²) in [4.78, 5) is 19.4. The molecule has 0 bridgehead atoms. The Labute approximate surface area is 111 Å². The topological polar surface area (TPSA) is 75.1 Å². The van der Waals surface area contributed by atoms with Crippen LogP contribution in [-0.4, -0.2) is 27.6 Å². The lowest BCUT2D eigenvalue weighted by molar-refractivity contribution is 0.0697. The third-order valence-corrected chi connectivity index (χ3v) is 2.83. The van der Waals surface area contributed by atoms with Crippen LogP contribution in [0.4, 0.5) is 5.95 Å². The van der Waals surface area contributed by atoms with E-state index in [1.165, 1.54) is 0 Å². The summed E-state index contributed by atoms with van der Waals surface area (Å²) >= 11 is 0. The van der Waals surface area contributed by atoms with E-state index in [1.807, 2.05) is 0 Å². The zero-order valence-corrected chi connectivity index (χ0v) is 11.1. The van der Waals surface area contributed by atoms with Crippen molar-refractivity contribution in [2.75, 3.05) is 11.9 Å². The standard InChI is InChI=1S/C14H17N3O2/c1-9(2)5-6-15-14-16-8-11-7-10(13(18)19)3-4-12(11)17-14/h3-4,7-9H,5-6H2,1-2H3,(H,18,19)(H,15,16,17). The molecule has 5 nitrogen and oxygen atoms in total. The van der Waals surface area contributed by atoms with Crippen LogP contribution in [0.25, 0.3) is 10.9 Å². The van der Waals surface area contributed by atoms with E-state index in [-0.39, 0.29) is 5.56 Å². The molecule has 0 aliphatic rings. The SMILES string of the molecule is CC(C)CCNc1ncc2cc(C(=O)O)ccc2n1. The lowest BCUT2D eigenvalue weighted by atomic mass is 10.1. The van der Waals surface area contributed by atoms with Crippen LogP contribution < -0.4 is 5.32 Å². The zero-order valence-electron chi connectivity index (χ0n) is 11.1. The van der Waals surface area contributed by atoms with Crippen LogP contribution in [-0.2, 0) is 0 Å². The van der Waals surface area contributed by atoms with Gasteiger partial charge in [0.2, 0.25) is 5.95 Å². The van der Waals surface area contributed by atoms with E-state index in [4.69, 9.17) is 5.11 Å². The quantitative estimate of drug-likeness (QED) is 0.863. The molecule has 1 aromatic carbocycles. The zero-order chi connectivity index (χ0) is 13.8. The molecule has 2 aromatic rings. The fraction of sp³-hybridized carbons (Fsp3) is 0.357. The van der Waals surface area contributed by atoms with Crippen molar-refractivity contribution in [2.24, 2.45) is 5.92 Å². The van der Waals surface area contributed by atoms with Gasteiger partial charge in [0.05, 0.1) is 11.1 Å². The first-order chi connectivity index (χ1) is 9.06. The molecule has 0 unspecified atom stereocenters. The number of aromatic nitrogens is 2. The number of hydrogen-bond donors (Lipinski definition) is 2. The van der Waals surface area contributed by atoms with Gasteiger partial charge in [-0.1, -0.05) is 13.8 Å². The van der Waals surface area contributed by atoms with E-state index in [0.717, 1.165) is 23.9 Å². The summed E-state index contributed by atoms with van der Waals surface area (Å²) in [5.41, 5.74) is 0.990. The number of nitrogens with zero attached hydrogens (tertiary/aromatic N) is 2. The number of nitrogens with one attached hydrogen (secondary N) is 1. The summed E-state index contributed by atoms with van der Waals surface area (Å²) in [6.07, 6.45) is 2.70. The minimum Gasteiger partial charge on any atom is -0.478 e. The Morgan fingerprint density at radius 1 is 1.42 bits per heavy atom. The van der Waals surface area contributed by atoms with Crippen molar-refractivity contribution < 1.29 is 9.90 Å². The van der Waals surface area contributed by atoms with Gasteiger partial charge in [0.15, 0.2) is 0 Å². The molecule has 0 saturated heterocycles. The second kappa shape index (κ2) is 5.65. The number of carboxylic acid groups (broad SMARTS) is 1. The van der Waals surface area contributed by atoms with Crippen LogP contribution in [0.5, 0.6) is 0 Å². The Hall–Kier alpha value is -2.17. The van der Waals surface area contributed by atoms with Crippen molar-refractivity contribution in [1.29, 1.82) is 0 Å². The smallest absolute Gasteiger partial charge is 0.335 e. The lowest BCUT2D eigenvalue weighted by Gasteiger charge is -2.07. The summed E-state index contributed by atoms with van der Waals surface area (Å²) in [6.45, 7) is 5.16. The van der Waals surface area contributed by atoms with Crippen LogP contribution in [0.1, 0.15) is 30.6 Å². The molecule has 0 atom stereocenters. The number of carbonyl (C=O) groups is 1. The average Bonchev–Trinajstić information content (AvgIpc) is 2.37. The van der Waals surface area contributed by atoms with Crippen molar-refractivity contribution in [3.63, 3.8) is 0 Å². The summed E-state index contributed by atoms with van der Waals surface area (Å²) in [7, 11) is 0. The minimum atomic E-state index is -0.943. The van der Waals surface area contributed by atoms with Gasteiger partial charge < -0.3 is 10.4 Å². The van der Waals surface area contributed by atoms with Gasteiger partial charge in [0.25, 0.3) is 0 Å². The second-order valence-electron chi connectivity index (χ2n) is 4.88. The van der Waals surface area contributed by atoms with Crippen LogP contribution in [0, 0.1) is 5.92 Å². The van der Waals surface area contributed by atoms with Gasteiger partial charge in [-0.2, -0.15) is 0 Å². The molecule has 1 aromatic heterocycles. The van der Waals surface area contributed by atoms with Gasteiger partial charge >= 0.3 is 5.97 Å². The summed E-state index contributed by atoms with van der Waals surface area (Å²) in [5.74, 6) is 0.267. The van der Waals surface area contributed by atoms with Crippen molar-refractivity contribution in [3.8, 4) is 0 Å². The van der Waals surface area contributed by atoms with E-state index in [0.29, 0.717) is 11.9 Å². The maximum Gasteiger partial charge on any atom is 0.335 e. The first-order valence-corrected chi connectivity index (χ1v) is 6.30. The van der Waals surface area contributed by atoms with Crippen molar-refractivity contribution in [3.05, 3.63) is 30.0 Å². The number of aromatic carboxylic acids is 1. The molecule has 19 heavy (non-hydrogen) atoms. The first kappa shape index (κ1) is 13.3. The highest BCUT2D eigenvalue weighted by molar-refractivity contribution is 5.93. The van der Waals surface area contributed by atoms with Gasteiger partial charge in [-0.05, 0) is 30.5 Å². The molecular formula is C14H17N3O2. The maximum absolute atomic E-state index is 10.9. The Morgan fingerprint density at radius 3 is 2.89 bits per heavy atom. The number of anilines is 1. The molecule has 0 spiro atoms. The largest absolute Gasteiger partial charge is 0.478 e. The highest BCUT2D eigenvalue weighted by atomic mass is 16.4. The van der Waals surface area contributed by atoms with Gasteiger partial charge in [0.1, 0.15) is 0 Å². The van der Waals surface area contributed by atoms with Crippen LogP contribution >= 0.6 is 0 Å². The molecule has 2 N–H and O–H groups in total. The predicted octanol–water partition coefficient (Wildman–Crippen LogP) is 2.79. The third-order valence-electron chi connectivity index (χ3n) is 2.83.